The maximum Gasteiger partial charge on any atom is 0.330 e. The Bertz CT molecular complexity index is 444. The fourth-order valence-electron chi connectivity index (χ4n) is 1.43. The van der Waals surface area contributed by atoms with Gasteiger partial charge in [-0.05, 0) is 19.9 Å². The quantitative estimate of drug-likeness (QED) is 0.652. The lowest BCUT2D eigenvalue weighted by Gasteiger charge is -2.09. The van der Waals surface area contributed by atoms with Crippen molar-refractivity contribution >= 4 is 17.9 Å². The molecule has 2 N–H and O–H groups in total. The third kappa shape index (κ3) is 3.55. The third-order valence-corrected chi connectivity index (χ3v) is 2.37. The highest BCUT2D eigenvalue weighted by atomic mass is 16.5. The number of nitrogens with zero attached hydrogens (tertiary/aromatic N) is 2. The number of ether oxygens (including phenoxy) is 1. The van der Waals surface area contributed by atoms with Crippen LogP contribution in [0.2, 0.25) is 0 Å². The van der Waals surface area contributed by atoms with Crippen LogP contribution in [0, 0.1) is 6.92 Å². The molecule has 1 aromatic rings. The van der Waals surface area contributed by atoms with Crippen molar-refractivity contribution in [2.24, 2.45) is 0 Å². The molecule has 0 aliphatic rings. The average molecular weight is 249 g/mol. The summed E-state index contributed by atoms with van der Waals surface area (Å²) >= 11 is 0. The van der Waals surface area contributed by atoms with Gasteiger partial charge < -0.3 is 10.5 Å². The number of nitrogen functional groups attached to an aromatic ring is 1. The molecule has 1 aromatic heterocycles. The predicted octanol–water partition coefficient (Wildman–Crippen LogP) is 2.07. The molecule has 0 amide bonds. The molecule has 5 nitrogen and oxygen atoms in total. The number of rotatable bonds is 4. The highest BCUT2D eigenvalue weighted by Gasteiger charge is 2.09. The Balaban J connectivity index is 3.00. The van der Waals surface area contributed by atoms with E-state index < -0.39 is 5.97 Å². The molecule has 0 fully saturated rings. The van der Waals surface area contributed by atoms with E-state index in [0.717, 1.165) is 5.69 Å². The van der Waals surface area contributed by atoms with E-state index in [0.29, 0.717) is 23.8 Å². The van der Waals surface area contributed by atoms with Gasteiger partial charge in [0.1, 0.15) is 11.6 Å². The number of hydrogen-bond acceptors (Lipinski definition) is 5. The monoisotopic (exact) mass is 249 g/mol. The summed E-state index contributed by atoms with van der Waals surface area (Å²) in [4.78, 5) is 19.8. The van der Waals surface area contributed by atoms with Gasteiger partial charge in [0.15, 0.2) is 0 Å². The molecule has 0 aromatic carbocycles. The van der Waals surface area contributed by atoms with Crippen LogP contribution in [0.1, 0.15) is 43.8 Å². The van der Waals surface area contributed by atoms with E-state index in [2.05, 4.69) is 9.97 Å². The van der Waals surface area contributed by atoms with E-state index >= 15 is 0 Å². The molecule has 5 heteroatoms. The van der Waals surface area contributed by atoms with E-state index in [1.54, 1.807) is 13.0 Å². The molecule has 0 atom stereocenters. The second kappa shape index (κ2) is 6.14. The molecule has 0 unspecified atom stereocenters. The van der Waals surface area contributed by atoms with Gasteiger partial charge in [0.05, 0.1) is 12.3 Å². The van der Waals surface area contributed by atoms with Gasteiger partial charge in [0.2, 0.25) is 0 Å². The van der Waals surface area contributed by atoms with E-state index in [4.69, 9.17) is 10.5 Å². The van der Waals surface area contributed by atoms with Gasteiger partial charge in [0, 0.05) is 17.6 Å². The summed E-state index contributed by atoms with van der Waals surface area (Å²) in [7, 11) is 0. The van der Waals surface area contributed by atoms with Gasteiger partial charge in [-0.2, -0.15) is 0 Å². The molecule has 1 rings (SSSR count). The SMILES string of the molecule is CCOC(=O)/C=C/c1c(C)nc(C(C)C)nc1N. The number of carbonyl (C=O) groups is 1. The smallest absolute Gasteiger partial charge is 0.330 e. The van der Waals surface area contributed by atoms with E-state index in [1.807, 2.05) is 20.8 Å². The standard InChI is InChI=1S/C13H19N3O2/c1-5-18-11(17)7-6-10-9(4)15-13(8(2)3)16-12(10)14/h6-8H,5H2,1-4H3,(H2,14,15,16)/b7-6+. The van der Waals surface area contributed by atoms with Gasteiger partial charge in [0.25, 0.3) is 0 Å². The van der Waals surface area contributed by atoms with Gasteiger partial charge in [-0.1, -0.05) is 13.8 Å². The summed E-state index contributed by atoms with van der Waals surface area (Å²) in [6, 6.07) is 0. The van der Waals surface area contributed by atoms with Gasteiger partial charge >= 0.3 is 5.97 Å². The summed E-state index contributed by atoms with van der Waals surface area (Å²) in [6.45, 7) is 7.95. The minimum atomic E-state index is -0.399. The zero-order chi connectivity index (χ0) is 13.7. The number of anilines is 1. The largest absolute Gasteiger partial charge is 0.463 e. The molecule has 0 spiro atoms. The van der Waals surface area contributed by atoms with Crippen molar-refractivity contribution in [3.05, 3.63) is 23.2 Å². The van der Waals surface area contributed by atoms with Crippen molar-refractivity contribution in [2.45, 2.75) is 33.6 Å². The van der Waals surface area contributed by atoms with Crippen LogP contribution in [-0.4, -0.2) is 22.5 Å². The third-order valence-electron chi connectivity index (χ3n) is 2.37. The van der Waals surface area contributed by atoms with Crippen molar-refractivity contribution in [1.82, 2.24) is 9.97 Å². The van der Waals surface area contributed by atoms with Crippen LogP contribution in [0.4, 0.5) is 5.82 Å². The maximum absolute atomic E-state index is 11.2. The zero-order valence-electron chi connectivity index (χ0n) is 11.2. The van der Waals surface area contributed by atoms with Gasteiger partial charge in [-0.15, -0.1) is 0 Å². The molecular formula is C13H19N3O2. The lowest BCUT2D eigenvalue weighted by atomic mass is 10.1. The number of aromatic nitrogens is 2. The molecule has 0 saturated carbocycles. The summed E-state index contributed by atoms with van der Waals surface area (Å²) in [5.41, 5.74) is 7.28. The molecule has 0 aliphatic heterocycles. The molecular weight excluding hydrogens is 230 g/mol. The average Bonchev–Trinajstić information content (AvgIpc) is 2.27. The van der Waals surface area contributed by atoms with Crippen LogP contribution in [0.5, 0.6) is 0 Å². The normalized spacial score (nSPS) is 11.2. The Morgan fingerprint density at radius 2 is 2.11 bits per heavy atom. The highest BCUT2D eigenvalue weighted by molar-refractivity contribution is 5.88. The number of nitrogens with two attached hydrogens (primary N) is 1. The van der Waals surface area contributed by atoms with Crippen molar-refractivity contribution in [1.29, 1.82) is 0 Å². The first-order valence-corrected chi connectivity index (χ1v) is 5.94. The fourth-order valence-corrected chi connectivity index (χ4v) is 1.43. The second-order valence-corrected chi connectivity index (χ2v) is 4.21. The Morgan fingerprint density at radius 3 is 2.61 bits per heavy atom. The molecule has 0 radical (unpaired) electrons. The Hall–Kier alpha value is -1.91. The first-order valence-electron chi connectivity index (χ1n) is 5.94. The fraction of sp³-hybridized carbons (Fsp3) is 0.462. The Kier molecular flexibility index (Phi) is 4.83. The van der Waals surface area contributed by atoms with E-state index in [-0.39, 0.29) is 5.92 Å². The lowest BCUT2D eigenvalue weighted by Crippen LogP contribution is -2.06. The van der Waals surface area contributed by atoms with E-state index in [9.17, 15) is 4.79 Å². The van der Waals surface area contributed by atoms with Crippen LogP contribution in [-0.2, 0) is 9.53 Å². The lowest BCUT2D eigenvalue weighted by molar-refractivity contribution is -0.137. The molecule has 0 bridgehead atoms. The van der Waals surface area contributed by atoms with Gasteiger partial charge in [-0.3, -0.25) is 0 Å². The topological polar surface area (TPSA) is 78.1 Å². The summed E-state index contributed by atoms with van der Waals surface area (Å²) in [5, 5.41) is 0. The second-order valence-electron chi connectivity index (χ2n) is 4.21. The van der Waals surface area contributed by atoms with E-state index in [1.165, 1.54) is 6.08 Å². The molecule has 1 heterocycles. The summed E-state index contributed by atoms with van der Waals surface area (Å²) in [5.74, 6) is 0.906. The molecule has 0 saturated heterocycles. The van der Waals surface area contributed by atoms with Crippen LogP contribution in [0.25, 0.3) is 6.08 Å². The van der Waals surface area contributed by atoms with Crippen molar-refractivity contribution in [3.8, 4) is 0 Å². The first-order chi connectivity index (χ1) is 8.45. The zero-order valence-corrected chi connectivity index (χ0v) is 11.2. The first kappa shape index (κ1) is 14.2. The maximum atomic E-state index is 11.2. The predicted molar refractivity (Wildman–Crippen MR) is 70.9 cm³/mol. The summed E-state index contributed by atoms with van der Waals surface area (Å²) < 4.78 is 4.80. The number of carbonyl (C=O) groups excluding carboxylic acids is 1. The highest BCUT2D eigenvalue weighted by Crippen LogP contribution is 2.18. The van der Waals surface area contributed by atoms with Crippen LogP contribution >= 0.6 is 0 Å². The molecule has 0 aliphatic carbocycles. The number of aryl methyl sites for hydroxylation is 1. The minimum absolute atomic E-state index is 0.217. The van der Waals surface area contributed by atoms with Crippen molar-refractivity contribution < 1.29 is 9.53 Å². The number of esters is 1. The van der Waals surface area contributed by atoms with Crippen molar-refractivity contribution in [3.63, 3.8) is 0 Å². The molecule has 98 valence electrons. The molecule has 18 heavy (non-hydrogen) atoms. The Morgan fingerprint density at radius 1 is 1.44 bits per heavy atom. The van der Waals surface area contributed by atoms with Gasteiger partial charge in [-0.25, -0.2) is 14.8 Å². The van der Waals surface area contributed by atoms with Crippen molar-refractivity contribution in [2.75, 3.05) is 12.3 Å². The number of hydrogen-bond donors (Lipinski definition) is 1. The Labute approximate surface area is 107 Å². The van der Waals surface area contributed by atoms with Crippen LogP contribution in [0.15, 0.2) is 6.08 Å². The summed E-state index contributed by atoms with van der Waals surface area (Å²) in [6.07, 6.45) is 2.92. The van der Waals surface area contributed by atoms with Crippen LogP contribution in [0.3, 0.4) is 0 Å². The minimum Gasteiger partial charge on any atom is -0.463 e. The van der Waals surface area contributed by atoms with Crippen LogP contribution < -0.4 is 5.73 Å².